The van der Waals surface area contributed by atoms with E-state index >= 15 is 0 Å². The fraction of sp³-hybridized carbons (Fsp3) is 0.333. The van der Waals surface area contributed by atoms with Crippen molar-refractivity contribution in [1.29, 1.82) is 0 Å². The Labute approximate surface area is 92.5 Å². The van der Waals surface area contributed by atoms with Crippen LogP contribution in [0.25, 0.3) is 0 Å². The first-order chi connectivity index (χ1) is 5.36. The van der Waals surface area contributed by atoms with E-state index in [-0.39, 0.29) is 12.4 Å². The summed E-state index contributed by atoms with van der Waals surface area (Å²) in [5, 5.41) is 3.39. The van der Waals surface area contributed by atoms with Gasteiger partial charge >= 0.3 is 0 Å². The molecular formula is C9H11ClIN. The molecule has 1 aromatic carbocycles. The maximum atomic E-state index is 3.39. The molecule has 1 aromatic rings. The molecule has 1 aliphatic heterocycles. The highest BCUT2D eigenvalue weighted by Crippen LogP contribution is 2.23. The predicted octanol–water partition coefficient (Wildman–Crippen LogP) is 2.75. The first-order valence-corrected chi connectivity index (χ1v) is 4.93. The first-order valence-electron chi connectivity index (χ1n) is 3.85. The zero-order chi connectivity index (χ0) is 7.68. The summed E-state index contributed by atoms with van der Waals surface area (Å²) in [4.78, 5) is 0. The van der Waals surface area contributed by atoms with Gasteiger partial charge in [-0.1, -0.05) is 12.1 Å². The van der Waals surface area contributed by atoms with Gasteiger partial charge in [-0.25, -0.2) is 0 Å². The van der Waals surface area contributed by atoms with Crippen LogP contribution in [0.5, 0.6) is 0 Å². The van der Waals surface area contributed by atoms with E-state index in [1.807, 2.05) is 0 Å². The molecule has 1 atom stereocenters. The van der Waals surface area contributed by atoms with Crippen molar-refractivity contribution in [2.75, 3.05) is 6.54 Å². The fourth-order valence-electron chi connectivity index (χ4n) is 1.30. The molecule has 1 heterocycles. The van der Waals surface area contributed by atoms with Gasteiger partial charge in [0.05, 0.1) is 0 Å². The van der Waals surface area contributed by atoms with Gasteiger partial charge in [-0.05, 0) is 53.3 Å². The normalized spacial score (nSPS) is 20.9. The quantitative estimate of drug-likeness (QED) is 0.786. The number of halogens is 2. The molecule has 0 aromatic heterocycles. The van der Waals surface area contributed by atoms with Gasteiger partial charge in [0.25, 0.3) is 0 Å². The van der Waals surface area contributed by atoms with Crippen molar-refractivity contribution in [2.45, 2.75) is 12.5 Å². The standard InChI is InChI=1S/C9H10IN.ClH/c10-8-3-1-2-7(6-8)9-4-5-11-9;/h1-3,6,9,11H,4-5H2;1H/t9-;/m1./s1. The lowest BCUT2D eigenvalue weighted by molar-refractivity contribution is 0.383. The summed E-state index contributed by atoms with van der Waals surface area (Å²) >= 11 is 2.35. The smallest absolute Gasteiger partial charge is 0.0332 e. The van der Waals surface area contributed by atoms with Gasteiger partial charge in [0.1, 0.15) is 0 Å². The maximum Gasteiger partial charge on any atom is 0.0332 e. The van der Waals surface area contributed by atoms with E-state index in [0.717, 1.165) is 0 Å². The van der Waals surface area contributed by atoms with E-state index in [1.165, 1.54) is 22.1 Å². The molecule has 0 saturated carbocycles. The molecule has 1 nitrogen and oxygen atoms in total. The fourth-order valence-corrected chi connectivity index (χ4v) is 1.86. The molecular weight excluding hydrogens is 284 g/mol. The van der Waals surface area contributed by atoms with Crippen molar-refractivity contribution in [3.05, 3.63) is 33.4 Å². The van der Waals surface area contributed by atoms with Crippen LogP contribution in [0, 0.1) is 3.57 Å². The number of hydrogen-bond acceptors (Lipinski definition) is 1. The van der Waals surface area contributed by atoms with Crippen LogP contribution in [0.3, 0.4) is 0 Å². The topological polar surface area (TPSA) is 12.0 Å². The van der Waals surface area contributed by atoms with E-state index in [9.17, 15) is 0 Å². The van der Waals surface area contributed by atoms with Crippen LogP contribution in [0.4, 0.5) is 0 Å². The molecule has 1 saturated heterocycles. The van der Waals surface area contributed by atoms with Crippen LogP contribution in [-0.2, 0) is 0 Å². The molecule has 12 heavy (non-hydrogen) atoms. The lowest BCUT2D eigenvalue weighted by atomic mass is 9.98. The third kappa shape index (κ3) is 2.12. The summed E-state index contributed by atoms with van der Waals surface area (Å²) in [6, 6.07) is 9.32. The maximum absolute atomic E-state index is 3.39. The Morgan fingerprint density at radius 3 is 2.67 bits per heavy atom. The second-order valence-electron chi connectivity index (χ2n) is 2.85. The summed E-state index contributed by atoms with van der Waals surface area (Å²) in [6.45, 7) is 1.18. The number of rotatable bonds is 1. The van der Waals surface area contributed by atoms with Gasteiger partial charge in [-0.2, -0.15) is 0 Å². The second-order valence-corrected chi connectivity index (χ2v) is 4.10. The first kappa shape index (κ1) is 10.3. The highest BCUT2D eigenvalue weighted by Gasteiger charge is 2.17. The van der Waals surface area contributed by atoms with E-state index in [2.05, 4.69) is 52.2 Å². The van der Waals surface area contributed by atoms with Crippen LogP contribution >= 0.6 is 35.0 Å². The Balaban J connectivity index is 0.000000720. The highest BCUT2D eigenvalue weighted by atomic mass is 127. The Morgan fingerprint density at radius 1 is 1.42 bits per heavy atom. The molecule has 0 unspecified atom stereocenters. The van der Waals surface area contributed by atoms with Gasteiger partial charge in [0.15, 0.2) is 0 Å². The lowest BCUT2D eigenvalue weighted by Gasteiger charge is -2.28. The average Bonchev–Trinajstić information content (AvgIpc) is 1.83. The molecule has 3 heteroatoms. The minimum atomic E-state index is 0. The summed E-state index contributed by atoms with van der Waals surface area (Å²) in [7, 11) is 0. The van der Waals surface area contributed by atoms with Crippen molar-refractivity contribution in [1.82, 2.24) is 5.32 Å². The molecule has 2 rings (SSSR count). The van der Waals surface area contributed by atoms with E-state index < -0.39 is 0 Å². The van der Waals surface area contributed by atoms with Crippen LogP contribution in [0.2, 0.25) is 0 Å². The van der Waals surface area contributed by atoms with Gasteiger partial charge in [-0.15, -0.1) is 12.4 Å². The Morgan fingerprint density at radius 2 is 2.17 bits per heavy atom. The number of hydrogen-bond donors (Lipinski definition) is 1. The minimum absolute atomic E-state index is 0. The lowest BCUT2D eigenvalue weighted by Crippen LogP contribution is -2.34. The van der Waals surface area contributed by atoms with Crippen molar-refractivity contribution < 1.29 is 0 Å². The van der Waals surface area contributed by atoms with Crippen LogP contribution in [0.1, 0.15) is 18.0 Å². The molecule has 1 fully saturated rings. The SMILES string of the molecule is Cl.Ic1cccc([C@H]2CCN2)c1. The number of nitrogens with one attached hydrogen (secondary N) is 1. The summed E-state index contributed by atoms with van der Waals surface area (Å²) in [6.07, 6.45) is 1.29. The van der Waals surface area contributed by atoms with Crippen LogP contribution in [0.15, 0.2) is 24.3 Å². The molecule has 0 spiro atoms. The van der Waals surface area contributed by atoms with Crippen molar-refractivity contribution in [3.8, 4) is 0 Å². The Kier molecular flexibility index (Phi) is 3.80. The van der Waals surface area contributed by atoms with E-state index in [0.29, 0.717) is 6.04 Å². The summed E-state index contributed by atoms with van der Waals surface area (Å²) in [5.41, 5.74) is 1.43. The average molecular weight is 296 g/mol. The molecule has 0 aliphatic carbocycles. The van der Waals surface area contributed by atoms with Crippen molar-refractivity contribution in [2.24, 2.45) is 0 Å². The Hall–Kier alpha value is 0.200. The summed E-state index contributed by atoms with van der Waals surface area (Å²) in [5.74, 6) is 0. The molecule has 0 amide bonds. The minimum Gasteiger partial charge on any atom is -0.310 e. The Bertz CT molecular complexity index is 260. The molecule has 0 radical (unpaired) electrons. The van der Waals surface area contributed by atoms with E-state index in [1.54, 1.807) is 0 Å². The van der Waals surface area contributed by atoms with Crippen LogP contribution < -0.4 is 5.32 Å². The monoisotopic (exact) mass is 295 g/mol. The zero-order valence-corrected chi connectivity index (χ0v) is 9.56. The zero-order valence-electron chi connectivity index (χ0n) is 6.59. The highest BCUT2D eigenvalue weighted by molar-refractivity contribution is 14.1. The number of benzene rings is 1. The van der Waals surface area contributed by atoms with Gasteiger partial charge < -0.3 is 5.32 Å². The largest absolute Gasteiger partial charge is 0.310 e. The summed E-state index contributed by atoms with van der Waals surface area (Å²) < 4.78 is 1.33. The predicted molar refractivity (Wildman–Crippen MR) is 61.8 cm³/mol. The van der Waals surface area contributed by atoms with E-state index in [4.69, 9.17) is 0 Å². The molecule has 0 bridgehead atoms. The van der Waals surface area contributed by atoms with Crippen molar-refractivity contribution in [3.63, 3.8) is 0 Å². The van der Waals surface area contributed by atoms with Crippen LogP contribution in [-0.4, -0.2) is 6.54 Å². The van der Waals surface area contributed by atoms with Gasteiger partial charge in [0.2, 0.25) is 0 Å². The van der Waals surface area contributed by atoms with Crippen molar-refractivity contribution >= 4 is 35.0 Å². The molecule has 1 aliphatic rings. The van der Waals surface area contributed by atoms with Gasteiger partial charge in [0, 0.05) is 9.61 Å². The molecule has 1 N–H and O–H groups in total. The second kappa shape index (κ2) is 4.44. The third-order valence-corrected chi connectivity index (χ3v) is 2.75. The molecule has 66 valence electrons. The van der Waals surface area contributed by atoms with Gasteiger partial charge in [-0.3, -0.25) is 0 Å². The third-order valence-electron chi connectivity index (χ3n) is 2.07.